The monoisotopic (exact) mass is 227 g/mol. The van der Waals surface area contributed by atoms with Crippen molar-refractivity contribution in [1.29, 1.82) is 0 Å². The largest absolute Gasteiger partial charge is 0.545 e. The van der Waals surface area contributed by atoms with Crippen molar-refractivity contribution in [2.45, 2.75) is 0 Å². The molecule has 0 aliphatic rings. The Morgan fingerprint density at radius 1 is 1.00 bits per heavy atom. The normalized spacial score (nSPS) is 10.4. The molecule has 0 atom stereocenters. The molecule has 0 bridgehead atoms. The summed E-state index contributed by atoms with van der Waals surface area (Å²) in [7, 11) is 0. The van der Waals surface area contributed by atoms with Crippen molar-refractivity contribution in [2.24, 2.45) is 0 Å². The predicted octanol–water partition coefficient (Wildman–Crippen LogP) is 1.26. The molecule has 0 spiro atoms. The number of carbonyl (C=O) groups is 1. The quantitative estimate of drug-likeness (QED) is 0.412. The molecule has 0 radical (unpaired) electrons. The maximum absolute atomic E-state index is 12.8. The molecule has 0 N–H and O–H groups in total. The highest BCUT2D eigenvalue weighted by molar-refractivity contribution is 6.31. The lowest BCUT2D eigenvalue weighted by Gasteiger charge is -2.08. The first-order chi connectivity index (χ1) is 6.37. The molecule has 14 heavy (non-hydrogen) atoms. The smallest absolute Gasteiger partial charge is 0.196 e. The third-order valence-electron chi connectivity index (χ3n) is 1.41. The topological polar surface area (TPSA) is 40.1 Å². The average molecular weight is 228 g/mol. The molecule has 7 heteroatoms. The Bertz CT molecular complexity index is 390. The second kappa shape index (κ2) is 3.45. The number of halogens is 5. The summed E-state index contributed by atoms with van der Waals surface area (Å²) in [5.74, 6) is -10.5. The molecule has 0 aliphatic carbocycles. The van der Waals surface area contributed by atoms with E-state index in [0.29, 0.717) is 0 Å². The van der Waals surface area contributed by atoms with Crippen LogP contribution in [0.15, 0.2) is 0 Å². The number of carboxylic acids is 1. The Balaban J connectivity index is 3.68. The van der Waals surface area contributed by atoms with Gasteiger partial charge in [-0.25, -0.2) is 17.6 Å². The van der Waals surface area contributed by atoms with Gasteiger partial charge in [-0.05, 0) is 0 Å². The molecular formula is C7ClF4O2-. The predicted molar refractivity (Wildman–Crippen MR) is 35.6 cm³/mol. The zero-order valence-corrected chi connectivity index (χ0v) is 6.96. The summed E-state index contributed by atoms with van der Waals surface area (Å²) in [6.07, 6.45) is 0. The third kappa shape index (κ3) is 1.41. The Labute approximate surface area is 79.7 Å². The van der Waals surface area contributed by atoms with E-state index in [1.807, 2.05) is 0 Å². The molecule has 0 heterocycles. The van der Waals surface area contributed by atoms with Crippen LogP contribution < -0.4 is 5.11 Å². The molecule has 1 aromatic rings. The fourth-order valence-corrected chi connectivity index (χ4v) is 0.962. The Hall–Kier alpha value is -1.30. The molecule has 0 saturated carbocycles. The van der Waals surface area contributed by atoms with E-state index in [-0.39, 0.29) is 0 Å². The van der Waals surface area contributed by atoms with Crippen molar-refractivity contribution in [2.75, 3.05) is 0 Å². The average Bonchev–Trinajstić information content (AvgIpc) is 2.11. The van der Waals surface area contributed by atoms with E-state index in [9.17, 15) is 27.5 Å². The molecule has 0 aromatic heterocycles. The van der Waals surface area contributed by atoms with Gasteiger partial charge in [-0.3, -0.25) is 0 Å². The lowest BCUT2D eigenvalue weighted by Crippen LogP contribution is -2.26. The van der Waals surface area contributed by atoms with Crippen molar-refractivity contribution in [3.63, 3.8) is 0 Å². The van der Waals surface area contributed by atoms with Crippen LogP contribution in [0.1, 0.15) is 10.4 Å². The first-order valence-electron chi connectivity index (χ1n) is 3.10. The fraction of sp³-hybridized carbons (Fsp3) is 0. The standard InChI is InChI=1S/C7HClF4O2/c8-2-3(9)1(7(13)14)4(10)6(12)5(2)11/h(H,13,14)/p-1. The molecule has 0 fully saturated rings. The Kier molecular flexibility index (Phi) is 2.66. The summed E-state index contributed by atoms with van der Waals surface area (Å²) in [6.45, 7) is 0. The minimum Gasteiger partial charge on any atom is -0.545 e. The molecule has 0 unspecified atom stereocenters. The second-order valence-corrected chi connectivity index (χ2v) is 2.61. The van der Waals surface area contributed by atoms with Crippen LogP contribution in [0.25, 0.3) is 0 Å². The Morgan fingerprint density at radius 3 is 1.93 bits per heavy atom. The maximum Gasteiger partial charge on any atom is 0.196 e. The van der Waals surface area contributed by atoms with Crippen LogP contribution in [0.4, 0.5) is 17.6 Å². The highest BCUT2D eigenvalue weighted by Crippen LogP contribution is 2.27. The van der Waals surface area contributed by atoms with Gasteiger partial charge in [-0.2, -0.15) is 0 Å². The van der Waals surface area contributed by atoms with Crippen LogP contribution in [0, 0.1) is 23.3 Å². The van der Waals surface area contributed by atoms with E-state index in [1.165, 1.54) is 0 Å². The van der Waals surface area contributed by atoms with E-state index in [1.54, 1.807) is 0 Å². The Morgan fingerprint density at radius 2 is 1.50 bits per heavy atom. The molecule has 1 rings (SSSR count). The molecule has 2 nitrogen and oxygen atoms in total. The van der Waals surface area contributed by atoms with Crippen LogP contribution in [0.2, 0.25) is 5.02 Å². The lowest BCUT2D eigenvalue weighted by atomic mass is 10.2. The second-order valence-electron chi connectivity index (χ2n) is 2.23. The SMILES string of the molecule is O=C([O-])c1c(F)c(F)c(F)c(Cl)c1F. The van der Waals surface area contributed by atoms with E-state index in [0.717, 1.165) is 0 Å². The van der Waals surface area contributed by atoms with Gasteiger partial charge in [0.1, 0.15) is 5.02 Å². The van der Waals surface area contributed by atoms with Crippen LogP contribution in [0.5, 0.6) is 0 Å². The minimum absolute atomic E-state index is 1.43. The molecule has 0 amide bonds. The zero-order valence-electron chi connectivity index (χ0n) is 6.21. The molecule has 0 saturated heterocycles. The van der Waals surface area contributed by atoms with Gasteiger partial charge in [0.25, 0.3) is 0 Å². The van der Waals surface area contributed by atoms with Crippen molar-refractivity contribution >= 4 is 17.6 Å². The van der Waals surface area contributed by atoms with Crippen LogP contribution >= 0.6 is 11.6 Å². The number of carboxylic acid groups (broad SMARTS) is 1. The number of carbonyl (C=O) groups excluding carboxylic acids is 1. The van der Waals surface area contributed by atoms with E-state index in [4.69, 9.17) is 11.6 Å². The number of hydrogen-bond donors (Lipinski definition) is 0. The fourth-order valence-electron chi connectivity index (χ4n) is 0.784. The summed E-state index contributed by atoms with van der Waals surface area (Å²) in [5, 5.41) is 8.69. The van der Waals surface area contributed by atoms with Gasteiger partial charge in [0, 0.05) is 0 Å². The van der Waals surface area contributed by atoms with E-state index in [2.05, 4.69) is 0 Å². The van der Waals surface area contributed by atoms with Crippen LogP contribution in [-0.2, 0) is 0 Å². The maximum atomic E-state index is 12.8. The minimum atomic E-state index is -2.32. The van der Waals surface area contributed by atoms with Crippen LogP contribution in [0.3, 0.4) is 0 Å². The summed E-state index contributed by atoms with van der Waals surface area (Å²) < 4.78 is 50.4. The molecule has 76 valence electrons. The number of rotatable bonds is 1. The first-order valence-corrected chi connectivity index (χ1v) is 3.48. The number of hydrogen-bond acceptors (Lipinski definition) is 2. The van der Waals surface area contributed by atoms with Crippen LogP contribution in [-0.4, -0.2) is 5.97 Å². The molecule has 0 aliphatic heterocycles. The van der Waals surface area contributed by atoms with Gasteiger partial charge in [0.05, 0.1) is 11.5 Å². The van der Waals surface area contributed by atoms with Crippen molar-refractivity contribution in [1.82, 2.24) is 0 Å². The first kappa shape index (κ1) is 10.8. The highest BCUT2D eigenvalue weighted by Gasteiger charge is 2.24. The van der Waals surface area contributed by atoms with Crippen molar-refractivity contribution in [3.05, 3.63) is 33.9 Å². The van der Waals surface area contributed by atoms with Crippen molar-refractivity contribution < 1.29 is 27.5 Å². The van der Waals surface area contributed by atoms with Gasteiger partial charge in [0.2, 0.25) is 0 Å². The van der Waals surface area contributed by atoms with Crippen molar-refractivity contribution in [3.8, 4) is 0 Å². The van der Waals surface area contributed by atoms with Gasteiger partial charge < -0.3 is 9.90 Å². The van der Waals surface area contributed by atoms with Gasteiger partial charge in [-0.15, -0.1) is 0 Å². The zero-order chi connectivity index (χ0) is 11.0. The summed E-state index contributed by atoms with van der Waals surface area (Å²) in [5.41, 5.74) is -1.73. The highest BCUT2D eigenvalue weighted by atomic mass is 35.5. The summed E-state index contributed by atoms with van der Waals surface area (Å²) in [4.78, 5) is 10.1. The molecule has 1 aromatic carbocycles. The van der Waals surface area contributed by atoms with Gasteiger partial charge >= 0.3 is 0 Å². The van der Waals surface area contributed by atoms with E-state index >= 15 is 0 Å². The van der Waals surface area contributed by atoms with E-state index < -0.39 is 39.8 Å². The van der Waals surface area contributed by atoms with Gasteiger partial charge in [0.15, 0.2) is 23.3 Å². The summed E-state index contributed by atoms with van der Waals surface area (Å²) in [6, 6.07) is 0. The lowest BCUT2D eigenvalue weighted by molar-refractivity contribution is -0.255. The third-order valence-corrected chi connectivity index (χ3v) is 1.75. The summed E-state index contributed by atoms with van der Waals surface area (Å²) >= 11 is 4.86. The molecular weight excluding hydrogens is 228 g/mol. The van der Waals surface area contributed by atoms with Gasteiger partial charge in [-0.1, -0.05) is 11.6 Å². The number of benzene rings is 1. The number of aromatic carboxylic acids is 1.